The van der Waals surface area contributed by atoms with Crippen molar-refractivity contribution in [1.29, 1.82) is 0 Å². The quantitative estimate of drug-likeness (QED) is 0.514. The molecular weight excluding hydrogens is 178 g/mol. The zero-order chi connectivity index (χ0) is 10.9. The molecule has 0 spiro atoms. The molecule has 0 rings (SSSR count). The Morgan fingerprint density at radius 1 is 1.23 bits per heavy atom. The summed E-state index contributed by atoms with van der Waals surface area (Å²) in [7, 11) is 0. The van der Waals surface area contributed by atoms with Crippen molar-refractivity contribution in [1.82, 2.24) is 0 Å². The van der Waals surface area contributed by atoms with Gasteiger partial charge in [0.25, 0.3) is 0 Å². The van der Waals surface area contributed by atoms with Gasteiger partial charge in [0.15, 0.2) is 0 Å². The molecule has 0 unspecified atom stereocenters. The fourth-order valence-corrected chi connectivity index (χ4v) is 0.253. The third-order valence-corrected chi connectivity index (χ3v) is 0.896. The molecule has 0 amide bonds. The molecule has 0 saturated heterocycles. The normalized spacial score (nSPS) is 8.15. The van der Waals surface area contributed by atoms with Gasteiger partial charge in [-0.15, -0.1) is 0 Å². The van der Waals surface area contributed by atoms with E-state index in [0.717, 1.165) is 6.92 Å². The van der Waals surface area contributed by atoms with Gasteiger partial charge in [-0.05, 0) is 13.0 Å². The van der Waals surface area contributed by atoms with E-state index >= 15 is 0 Å². The van der Waals surface area contributed by atoms with Crippen LogP contribution >= 0.6 is 0 Å². The summed E-state index contributed by atoms with van der Waals surface area (Å²) in [5.41, 5.74) is 5.01. The molecule has 0 aliphatic heterocycles. The number of aliphatic carboxylic acids is 2. The molecule has 0 bridgehead atoms. The smallest absolute Gasteiger partial charge is 0.371 e. The van der Waals surface area contributed by atoms with Crippen molar-refractivity contribution >= 4 is 17.7 Å². The first-order valence-corrected chi connectivity index (χ1v) is 3.57. The Balaban J connectivity index is 0. The van der Waals surface area contributed by atoms with Gasteiger partial charge in [-0.3, -0.25) is 9.59 Å². The first-order chi connectivity index (χ1) is 5.91. The Hall–Kier alpha value is -1.43. The first kappa shape index (κ1) is 14.1. The molecule has 0 aliphatic carbocycles. The van der Waals surface area contributed by atoms with Crippen LogP contribution in [-0.4, -0.2) is 34.5 Å². The van der Waals surface area contributed by atoms with E-state index in [2.05, 4.69) is 0 Å². The fourth-order valence-electron chi connectivity index (χ4n) is 0.253. The van der Waals surface area contributed by atoms with Crippen molar-refractivity contribution in [3.63, 3.8) is 0 Å². The number of carbonyl (C=O) groups excluding carboxylic acids is 1. The van der Waals surface area contributed by atoms with Gasteiger partial charge in [-0.25, -0.2) is 4.79 Å². The lowest BCUT2D eigenvalue weighted by Crippen LogP contribution is -2.05. The average Bonchev–Trinajstić information content (AvgIpc) is 2.01. The van der Waals surface area contributed by atoms with Crippen LogP contribution in [0.4, 0.5) is 0 Å². The summed E-state index contributed by atoms with van der Waals surface area (Å²) < 4.78 is 0. The Bertz CT molecular complexity index is 177. The molecule has 0 aromatic heterocycles. The highest BCUT2D eigenvalue weighted by atomic mass is 16.4. The molecule has 4 N–H and O–H groups in total. The van der Waals surface area contributed by atoms with E-state index in [1.807, 2.05) is 0 Å². The number of hydrogen-bond acceptors (Lipinski definition) is 4. The van der Waals surface area contributed by atoms with Crippen LogP contribution < -0.4 is 5.73 Å². The molecule has 0 aliphatic rings. The minimum atomic E-state index is -1.38. The predicted octanol–water partition coefficient (Wildman–Crippen LogP) is -0.530. The minimum absolute atomic E-state index is 0.191. The molecule has 0 aromatic rings. The second-order valence-electron chi connectivity index (χ2n) is 2.15. The second-order valence-corrected chi connectivity index (χ2v) is 2.15. The number of rotatable bonds is 4. The topological polar surface area (TPSA) is 118 Å². The van der Waals surface area contributed by atoms with Crippen LogP contribution in [0.2, 0.25) is 0 Å². The highest BCUT2D eigenvalue weighted by molar-refractivity contribution is 6.31. The Morgan fingerprint density at radius 3 is 1.69 bits per heavy atom. The Morgan fingerprint density at radius 2 is 1.62 bits per heavy atom. The highest BCUT2D eigenvalue weighted by Crippen LogP contribution is 1.82. The molecule has 0 fully saturated rings. The van der Waals surface area contributed by atoms with E-state index in [4.69, 9.17) is 15.9 Å². The number of Topliss-reactive ketones (excluding diaryl/α,β-unsaturated/α-hetero) is 1. The van der Waals surface area contributed by atoms with Crippen LogP contribution in [0.1, 0.15) is 19.8 Å². The molecule has 13 heavy (non-hydrogen) atoms. The van der Waals surface area contributed by atoms with Crippen molar-refractivity contribution < 1.29 is 24.6 Å². The number of carboxylic acid groups (broad SMARTS) is 2. The number of ketones is 1. The van der Waals surface area contributed by atoms with Crippen LogP contribution in [0, 0.1) is 0 Å². The zero-order valence-corrected chi connectivity index (χ0v) is 7.32. The highest BCUT2D eigenvalue weighted by Gasteiger charge is 1.99. The van der Waals surface area contributed by atoms with Gasteiger partial charge >= 0.3 is 11.9 Å². The van der Waals surface area contributed by atoms with Gasteiger partial charge in [0.2, 0.25) is 5.78 Å². The fraction of sp³-hybridized carbons (Fsp3) is 0.571. The summed E-state index contributed by atoms with van der Waals surface area (Å²) >= 11 is 0. The van der Waals surface area contributed by atoms with Crippen LogP contribution in [0.3, 0.4) is 0 Å². The van der Waals surface area contributed by atoms with Crippen LogP contribution in [0.15, 0.2) is 0 Å². The number of nitrogens with two attached hydrogens (primary N) is 1. The van der Waals surface area contributed by atoms with E-state index in [1.54, 1.807) is 0 Å². The molecule has 0 saturated carbocycles. The summed E-state index contributed by atoms with van der Waals surface area (Å²) in [6, 6.07) is 0. The van der Waals surface area contributed by atoms with E-state index in [9.17, 15) is 14.4 Å². The number of carboxylic acids is 2. The molecule has 0 radical (unpaired) electrons. The van der Waals surface area contributed by atoms with Crippen molar-refractivity contribution in [2.24, 2.45) is 5.73 Å². The maximum Gasteiger partial charge on any atom is 0.371 e. The van der Waals surface area contributed by atoms with Crippen molar-refractivity contribution in [3.8, 4) is 0 Å². The molecule has 0 aromatic carbocycles. The Labute approximate surface area is 75.3 Å². The van der Waals surface area contributed by atoms with Crippen LogP contribution in [-0.2, 0) is 14.4 Å². The largest absolute Gasteiger partial charge is 0.481 e. The van der Waals surface area contributed by atoms with Crippen molar-refractivity contribution in [2.45, 2.75) is 19.8 Å². The van der Waals surface area contributed by atoms with E-state index in [1.165, 1.54) is 0 Å². The molecule has 0 atom stereocenters. The summed E-state index contributed by atoms with van der Waals surface area (Å²) in [4.78, 5) is 28.6. The monoisotopic (exact) mass is 191 g/mol. The summed E-state index contributed by atoms with van der Waals surface area (Å²) in [6.45, 7) is 1.47. The Kier molecular flexibility index (Phi) is 9.41. The molecule has 6 heteroatoms. The molecule has 6 nitrogen and oxygen atoms in total. The van der Waals surface area contributed by atoms with E-state index in [-0.39, 0.29) is 6.42 Å². The van der Waals surface area contributed by atoms with E-state index in [0.29, 0.717) is 13.0 Å². The maximum atomic E-state index is 9.70. The van der Waals surface area contributed by atoms with Crippen molar-refractivity contribution in [2.75, 3.05) is 6.54 Å². The van der Waals surface area contributed by atoms with Gasteiger partial charge in [-0.2, -0.15) is 0 Å². The third-order valence-electron chi connectivity index (χ3n) is 0.896. The lowest BCUT2D eigenvalue weighted by atomic mass is 10.3. The lowest BCUT2D eigenvalue weighted by Gasteiger charge is -1.86. The van der Waals surface area contributed by atoms with Crippen LogP contribution in [0.5, 0.6) is 0 Å². The zero-order valence-electron chi connectivity index (χ0n) is 7.32. The van der Waals surface area contributed by atoms with Gasteiger partial charge in [0, 0.05) is 13.3 Å². The summed E-state index contributed by atoms with van der Waals surface area (Å²) in [5.74, 6) is -2.98. The maximum absolute atomic E-state index is 9.70. The summed E-state index contributed by atoms with van der Waals surface area (Å²) in [5, 5.41) is 15.6. The standard InChI is InChI=1S/C4H9NO2.C3H4O3/c5-3-1-2-4(6)7;1-2(4)3(5)6/h1-3,5H2,(H,6,7);1H3,(H,5,6). The van der Waals surface area contributed by atoms with Gasteiger partial charge in [0.1, 0.15) is 0 Å². The minimum Gasteiger partial charge on any atom is -0.481 e. The molecular formula is C7H13NO5. The van der Waals surface area contributed by atoms with Gasteiger partial charge < -0.3 is 15.9 Å². The average molecular weight is 191 g/mol. The molecule has 0 heterocycles. The SMILES string of the molecule is CC(=O)C(=O)O.NCCCC(=O)O. The van der Waals surface area contributed by atoms with Crippen LogP contribution in [0.25, 0.3) is 0 Å². The first-order valence-electron chi connectivity index (χ1n) is 3.57. The van der Waals surface area contributed by atoms with Gasteiger partial charge in [0.05, 0.1) is 0 Å². The molecule has 76 valence electrons. The van der Waals surface area contributed by atoms with Crippen molar-refractivity contribution in [3.05, 3.63) is 0 Å². The number of hydrogen-bond donors (Lipinski definition) is 3. The summed E-state index contributed by atoms with van der Waals surface area (Å²) in [6.07, 6.45) is 0.770. The third kappa shape index (κ3) is 18.0. The van der Waals surface area contributed by atoms with Gasteiger partial charge in [-0.1, -0.05) is 0 Å². The van der Waals surface area contributed by atoms with E-state index < -0.39 is 17.7 Å². The lowest BCUT2D eigenvalue weighted by molar-refractivity contribution is -0.148. The predicted molar refractivity (Wildman–Crippen MR) is 44.2 cm³/mol. The number of carbonyl (C=O) groups is 3. The second kappa shape index (κ2) is 8.66.